The number of carbonyl (C=O) groups is 1. The van der Waals surface area contributed by atoms with Crippen molar-refractivity contribution in [3.05, 3.63) is 69.8 Å². The van der Waals surface area contributed by atoms with Crippen LogP contribution in [0.5, 0.6) is 5.75 Å². The van der Waals surface area contributed by atoms with Crippen molar-refractivity contribution in [3.8, 4) is 5.75 Å². The molecule has 0 saturated carbocycles. The Hall–Kier alpha value is -2.26. The molecular formula is C21H27ClO3. The molecule has 0 bridgehead atoms. The molecule has 0 spiro atoms. The Morgan fingerprint density at radius 3 is 2.28 bits per heavy atom. The van der Waals surface area contributed by atoms with Crippen LogP contribution in [0.15, 0.2) is 47.6 Å². The van der Waals surface area contributed by atoms with Crippen LogP contribution in [0.25, 0.3) is 6.08 Å². The van der Waals surface area contributed by atoms with Gasteiger partial charge in [0.05, 0.1) is 7.11 Å². The van der Waals surface area contributed by atoms with Gasteiger partial charge in [0, 0.05) is 6.08 Å². The summed E-state index contributed by atoms with van der Waals surface area (Å²) >= 11 is 0. The van der Waals surface area contributed by atoms with E-state index >= 15 is 0 Å². The van der Waals surface area contributed by atoms with Crippen LogP contribution in [0.1, 0.15) is 36.1 Å². The largest absolute Gasteiger partial charge is 0.496 e. The number of halogens is 1. The van der Waals surface area contributed by atoms with Gasteiger partial charge in [-0.05, 0) is 68.5 Å². The maximum atomic E-state index is 10.6. The van der Waals surface area contributed by atoms with Crippen LogP contribution < -0.4 is 4.74 Å². The van der Waals surface area contributed by atoms with Crippen molar-refractivity contribution >= 4 is 24.5 Å². The van der Waals surface area contributed by atoms with Gasteiger partial charge < -0.3 is 9.84 Å². The fourth-order valence-corrected chi connectivity index (χ4v) is 2.40. The number of methoxy groups -OCH3 is 1. The third-order valence-electron chi connectivity index (χ3n) is 3.91. The number of hydrogen-bond acceptors (Lipinski definition) is 2. The van der Waals surface area contributed by atoms with E-state index in [1.54, 1.807) is 20.1 Å². The second kappa shape index (κ2) is 10.6. The van der Waals surface area contributed by atoms with Crippen molar-refractivity contribution in [1.82, 2.24) is 0 Å². The van der Waals surface area contributed by atoms with Crippen molar-refractivity contribution < 1.29 is 14.6 Å². The maximum absolute atomic E-state index is 10.6. The van der Waals surface area contributed by atoms with Gasteiger partial charge in [-0.3, -0.25) is 0 Å². The van der Waals surface area contributed by atoms with Crippen molar-refractivity contribution in [2.75, 3.05) is 7.11 Å². The molecule has 1 rings (SSSR count). The molecule has 0 atom stereocenters. The summed E-state index contributed by atoms with van der Waals surface area (Å²) in [6.45, 7) is 10.0. The lowest BCUT2D eigenvalue weighted by atomic mass is 9.96. The van der Waals surface area contributed by atoms with E-state index in [-0.39, 0.29) is 12.4 Å². The standard InChI is InChI=1S/C21H26O3.ClH/c1-14(8-7-9-15(2)12-21(22)23)10-11-19-16(3)13-20(24-6)18(5)17(19)4;/h7-13H,1-6H3,(H,22,23);1H. The second-order valence-corrected chi connectivity index (χ2v) is 5.89. The number of rotatable bonds is 6. The molecule has 1 N–H and O–H groups in total. The van der Waals surface area contributed by atoms with Gasteiger partial charge in [0.2, 0.25) is 0 Å². The first-order valence-corrected chi connectivity index (χ1v) is 7.85. The molecule has 4 heteroatoms. The van der Waals surface area contributed by atoms with Crippen molar-refractivity contribution in [3.63, 3.8) is 0 Å². The Morgan fingerprint density at radius 2 is 1.72 bits per heavy atom. The summed E-state index contributed by atoms with van der Waals surface area (Å²) in [5, 5.41) is 8.67. The first-order valence-electron chi connectivity index (χ1n) is 7.85. The molecule has 1 aromatic carbocycles. The summed E-state index contributed by atoms with van der Waals surface area (Å²) in [6, 6.07) is 2.06. The van der Waals surface area contributed by atoms with E-state index in [1.807, 2.05) is 19.1 Å². The first-order chi connectivity index (χ1) is 11.3. The molecule has 0 heterocycles. The summed E-state index contributed by atoms with van der Waals surface area (Å²) in [4.78, 5) is 10.6. The van der Waals surface area contributed by atoms with Gasteiger partial charge in [-0.15, -0.1) is 12.4 Å². The fraction of sp³-hybridized carbons (Fsp3) is 0.286. The zero-order valence-corrected chi connectivity index (χ0v) is 16.5. The van der Waals surface area contributed by atoms with Crippen LogP contribution >= 0.6 is 12.4 Å². The summed E-state index contributed by atoms with van der Waals surface area (Å²) in [5.41, 5.74) is 6.53. The number of benzene rings is 1. The maximum Gasteiger partial charge on any atom is 0.328 e. The average molecular weight is 363 g/mol. The molecule has 0 aromatic heterocycles. The van der Waals surface area contributed by atoms with Crippen LogP contribution in [0.3, 0.4) is 0 Å². The number of aliphatic carboxylic acids is 1. The lowest BCUT2D eigenvalue weighted by Crippen LogP contribution is -1.95. The topological polar surface area (TPSA) is 46.5 Å². The smallest absolute Gasteiger partial charge is 0.328 e. The molecule has 3 nitrogen and oxygen atoms in total. The molecule has 0 radical (unpaired) electrons. The molecule has 0 aliphatic carbocycles. The minimum Gasteiger partial charge on any atom is -0.496 e. The van der Waals surface area contributed by atoms with Gasteiger partial charge in [0.15, 0.2) is 0 Å². The normalized spacial score (nSPS) is 12.6. The third kappa shape index (κ3) is 7.02. The molecular weight excluding hydrogens is 336 g/mol. The van der Waals surface area contributed by atoms with Gasteiger partial charge >= 0.3 is 5.97 Å². The van der Waals surface area contributed by atoms with Gasteiger partial charge in [0.25, 0.3) is 0 Å². The Morgan fingerprint density at radius 1 is 1.08 bits per heavy atom. The van der Waals surface area contributed by atoms with Crippen LogP contribution in [0.2, 0.25) is 0 Å². The number of allylic oxidation sites excluding steroid dienone is 6. The van der Waals surface area contributed by atoms with E-state index in [9.17, 15) is 4.79 Å². The zero-order valence-electron chi connectivity index (χ0n) is 15.7. The Balaban J connectivity index is 0.00000576. The first kappa shape index (κ1) is 22.7. The highest BCUT2D eigenvalue weighted by Gasteiger charge is 2.08. The van der Waals surface area contributed by atoms with E-state index in [4.69, 9.17) is 9.84 Å². The molecule has 136 valence electrons. The predicted molar refractivity (Wildman–Crippen MR) is 108 cm³/mol. The zero-order chi connectivity index (χ0) is 18.3. The second-order valence-electron chi connectivity index (χ2n) is 5.89. The van der Waals surface area contributed by atoms with E-state index in [2.05, 4.69) is 39.0 Å². The van der Waals surface area contributed by atoms with Crippen molar-refractivity contribution in [2.45, 2.75) is 34.6 Å². The van der Waals surface area contributed by atoms with E-state index in [0.717, 1.165) is 16.9 Å². The van der Waals surface area contributed by atoms with Crippen molar-refractivity contribution in [2.24, 2.45) is 0 Å². The van der Waals surface area contributed by atoms with Gasteiger partial charge in [-0.1, -0.05) is 36.0 Å². The van der Waals surface area contributed by atoms with Crippen LogP contribution in [-0.4, -0.2) is 18.2 Å². The molecule has 0 saturated heterocycles. The molecule has 25 heavy (non-hydrogen) atoms. The third-order valence-corrected chi connectivity index (χ3v) is 3.91. The molecule has 0 fully saturated rings. The van der Waals surface area contributed by atoms with Crippen LogP contribution in [-0.2, 0) is 4.79 Å². The highest BCUT2D eigenvalue weighted by molar-refractivity contribution is 5.85. The summed E-state index contributed by atoms with van der Waals surface area (Å²) < 4.78 is 5.40. The van der Waals surface area contributed by atoms with Gasteiger partial charge in [-0.25, -0.2) is 4.79 Å². The monoisotopic (exact) mass is 362 g/mol. The number of carboxylic acids is 1. The average Bonchev–Trinajstić information content (AvgIpc) is 2.50. The SMILES string of the molecule is COc1cc(C)c(C=CC(C)=CC=CC(C)=CC(=O)O)c(C)c1C.Cl. The molecule has 0 aliphatic heterocycles. The van der Waals surface area contributed by atoms with Crippen LogP contribution in [0, 0.1) is 20.8 Å². The lowest BCUT2D eigenvalue weighted by molar-refractivity contribution is -0.131. The summed E-state index contributed by atoms with van der Waals surface area (Å²) in [5.74, 6) is -0.0170. The molecule has 0 aliphatic rings. The lowest BCUT2D eigenvalue weighted by Gasteiger charge is -2.13. The van der Waals surface area contributed by atoms with Gasteiger partial charge in [0.1, 0.15) is 5.75 Å². The van der Waals surface area contributed by atoms with Crippen molar-refractivity contribution in [1.29, 1.82) is 0 Å². The molecule has 1 aromatic rings. The number of hydrogen-bond donors (Lipinski definition) is 1. The fourth-order valence-electron chi connectivity index (χ4n) is 2.40. The Kier molecular flexibility index (Phi) is 9.62. The quantitative estimate of drug-likeness (QED) is 0.530. The molecule has 0 unspecified atom stereocenters. The summed E-state index contributed by atoms with van der Waals surface area (Å²) in [6.07, 6.45) is 10.9. The highest BCUT2D eigenvalue weighted by atomic mass is 35.5. The highest BCUT2D eigenvalue weighted by Crippen LogP contribution is 2.28. The number of ether oxygens (including phenoxy) is 1. The Labute approximate surface area is 156 Å². The predicted octanol–water partition coefficient (Wildman–Crippen LogP) is 5.59. The van der Waals surface area contributed by atoms with Crippen LogP contribution in [0.4, 0.5) is 0 Å². The number of aryl methyl sites for hydroxylation is 1. The minimum atomic E-state index is -0.932. The molecule has 0 amide bonds. The van der Waals surface area contributed by atoms with E-state index < -0.39 is 5.97 Å². The van der Waals surface area contributed by atoms with E-state index in [0.29, 0.717) is 5.57 Å². The Bertz CT molecular complexity index is 738. The minimum absolute atomic E-state index is 0. The summed E-state index contributed by atoms with van der Waals surface area (Å²) in [7, 11) is 1.69. The van der Waals surface area contributed by atoms with Gasteiger partial charge in [-0.2, -0.15) is 0 Å². The number of carboxylic acid groups (broad SMARTS) is 1. The van der Waals surface area contributed by atoms with E-state index in [1.165, 1.54) is 22.8 Å².